The fourth-order valence-electron chi connectivity index (χ4n) is 1.51. The third kappa shape index (κ3) is 2.26. The van der Waals surface area contributed by atoms with Crippen LogP contribution >= 0.6 is 0 Å². The Bertz CT molecular complexity index is 474. The van der Waals surface area contributed by atoms with Crippen LogP contribution in [0.2, 0.25) is 0 Å². The molecule has 1 saturated heterocycles. The van der Waals surface area contributed by atoms with Crippen LogP contribution in [0, 0.1) is 0 Å². The number of carbonyl (C=O) groups is 1. The second kappa shape index (κ2) is 4.28. The Kier molecular flexibility index (Phi) is 2.99. The molecule has 0 saturated carbocycles. The third-order valence-corrected chi connectivity index (χ3v) is 3.83. The number of hydrogen-bond donors (Lipinski definition) is 1. The van der Waals surface area contributed by atoms with E-state index in [9.17, 15) is 13.2 Å². The van der Waals surface area contributed by atoms with Gasteiger partial charge in [-0.1, -0.05) is 6.07 Å². The lowest BCUT2D eigenvalue weighted by Crippen LogP contribution is -2.30. The Morgan fingerprint density at radius 2 is 2.38 bits per heavy atom. The van der Waals surface area contributed by atoms with Gasteiger partial charge in [0.05, 0.1) is 18.3 Å². The minimum Gasteiger partial charge on any atom is -0.302 e. The molecule has 1 aromatic rings. The van der Waals surface area contributed by atoms with E-state index in [4.69, 9.17) is 0 Å². The summed E-state index contributed by atoms with van der Waals surface area (Å²) in [6.45, 7) is 0.336. The first kappa shape index (κ1) is 11.2. The van der Waals surface area contributed by atoms with E-state index < -0.39 is 16.3 Å². The molecule has 1 aliphatic rings. The standard InChI is InChI=1S/C9H11N3O3S/c13-7-9-6-12(16(14,15)11-9)5-8-3-1-2-4-10-8/h1-4,7,9,11H,5-6H2. The smallest absolute Gasteiger partial charge is 0.280 e. The Morgan fingerprint density at radius 3 is 2.94 bits per heavy atom. The molecule has 6 nitrogen and oxygen atoms in total. The number of aromatic nitrogens is 1. The highest BCUT2D eigenvalue weighted by molar-refractivity contribution is 7.87. The molecule has 0 aromatic carbocycles. The Balaban J connectivity index is 2.14. The molecule has 1 unspecified atom stereocenters. The predicted octanol–water partition coefficient (Wildman–Crippen LogP) is -0.701. The molecule has 16 heavy (non-hydrogen) atoms. The zero-order chi connectivity index (χ0) is 11.6. The highest BCUT2D eigenvalue weighted by Crippen LogP contribution is 2.12. The minimum atomic E-state index is -3.53. The van der Waals surface area contributed by atoms with Crippen molar-refractivity contribution in [1.82, 2.24) is 14.0 Å². The molecule has 0 aliphatic carbocycles. The van der Waals surface area contributed by atoms with Crippen LogP contribution in [-0.4, -0.2) is 36.6 Å². The van der Waals surface area contributed by atoms with E-state index in [1.165, 1.54) is 4.31 Å². The molecule has 2 rings (SSSR count). The fourth-order valence-corrected chi connectivity index (χ4v) is 2.83. The maximum atomic E-state index is 11.6. The van der Waals surface area contributed by atoms with Crippen molar-refractivity contribution < 1.29 is 13.2 Å². The van der Waals surface area contributed by atoms with Crippen molar-refractivity contribution in [3.05, 3.63) is 30.1 Å². The number of nitrogens with zero attached hydrogens (tertiary/aromatic N) is 2. The lowest BCUT2D eigenvalue weighted by Gasteiger charge is -2.11. The van der Waals surface area contributed by atoms with E-state index in [2.05, 4.69) is 9.71 Å². The van der Waals surface area contributed by atoms with E-state index in [0.717, 1.165) is 0 Å². The molecular weight excluding hydrogens is 230 g/mol. The Labute approximate surface area is 93.5 Å². The zero-order valence-corrected chi connectivity index (χ0v) is 9.22. The summed E-state index contributed by atoms with van der Waals surface area (Å²) in [5.74, 6) is 0. The summed E-state index contributed by atoms with van der Waals surface area (Å²) in [5.41, 5.74) is 0.652. The van der Waals surface area contributed by atoms with Crippen LogP contribution in [0.25, 0.3) is 0 Å². The van der Waals surface area contributed by atoms with Crippen LogP contribution in [0.5, 0.6) is 0 Å². The van der Waals surface area contributed by atoms with Crippen LogP contribution < -0.4 is 4.72 Å². The number of rotatable bonds is 3. The second-order valence-electron chi connectivity index (χ2n) is 3.48. The van der Waals surface area contributed by atoms with Gasteiger partial charge in [0.15, 0.2) is 0 Å². The molecule has 1 aromatic heterocycles. The molecule has 1 atom stereocenters. The first-order chi connectivity index (χ1) is 7.62. The van der Waals surface area contributed by atoms with Crippen LogP contribution in [0.1, 0.15) is 5.69 Å². The van der Waals surface area contributed by atoms with Crippen LogP contribution in [0.15, 0.2) is 24.4 Å². The second-order valence-corrected chi connectivity index (χ2v) is 5.18. The van der Waals surface area contributed by atoms with E-state index in [-0.39, 0.29) is 13.1 Å². The van der Waals surface area contributed by atoms with E-state index in [1.807, 2.05) is 0 Å². The molecule has 86 valence electrons. The van der Waals surface area contributed by atoms with Gasteiger partial charge in [0, 0.05) is 12.7 Å². The topological polar surface area (TPSA) is 79.4 Å². The molecule has 1 aliphatic heterocycles. The number of aldehydes is 1. The fraction of sp³-hybridized carbons (Fsp3) is 0.333. The monoisotopic (exact) mass is 241 g/mol. The SMILES string of the molecule is O=CC1CN(Cc2ccccn2)S(=O)(=O)N1. The van der Waals surface area contributed by atoms with E-state index in [0.29, 0.717) is 12.0 Å². The summed E-state index contributed by atoms with van der Waals surface area (Å²) >= 11 is 0. The van der Waals surface area contributed by atoms with Gasteiger partial charge in [-0.25, -0.2) is 0 Å². The Morgan fingerprint density at radius 1 is 1.56 bits per heavy atom. The summed E-state index contributed by atoms with van der Waals surface area (Å²) < 4.78 is 26.6. The van der Waals surface area contributed by atoms with E-state index in [1.54, 1.807) is 24.4 Å². The van der Waals surface area contributed by atoms with Gasteiger partial charge in [0.2, 0.25) is 0 Å². The van der Waals surface area contributed by atoms with Crippen LogP contribution in [-0.2, 0) is 21.5 Å². The van der Waals surface area contributed by atoms with Crippen molar-refractivity contribution in [2.24, 2.45) is 0 Å². The Hall–Kier alpha value is -1.31. The summed E-state index contributed by atoms with van der Waals surface area (Å²) in [6.07, 6.45) is 2.19. The van der Waals surface area contributed by atoms with Gasteiger partial charge >= 0.3 is 0 Å². The van der Waals surface area contributed by atoms with Crippen molar-refractivity contribution in [2.45, 2.75) is 12.6 Å². The number of nitrogens with one attached hydrogen (secondary N) is 1. The average molecular weight is 241 g/mol. The van der Waals surface area contributed by atoms with Crippen molar-refractivity contribution in [2.75, 3.05) is 6.54 Å². The normalized spacial score (nSPS) is 24.4. The zero-order valence-electron chi connectivity index (χ0n) is 8.41. The summed E-state index contributed by atoms with van der Waals surface area (Å²) in [4.78, 5) is 14.6. The quantitative estimate of drug-likeness (QED) is 0.710. The average Bonchev–Trinajstić information content (AvgIpc) is 2.55. The van der Waals surface area contributed by atoms with Crippen LogP contribution in [0.3, 0.4) is 0 Å². The molecule has 2 heterocycles. The third-order valence-electron chi connectivity index (χ3n) is 2.27. The lowest BCUT2D eigenvalue weighted by atomic mass is 10.3. The number of hydrogen-bond acceptors (Lipinski definition) is 4. The molecule has 0 bridgehead atoms. The number of carbonyl (C=O) groups excluding carboxylic acids is 1. The molecule has 0 radical (unpaired) electrons. The lowest BCUT2D eigenvalue weighted by molar-refractivity contribution is -0.109. The summed E-state index contributed by atoms with van der Waals surface area (Å²) in [5, 5.41) is 0. The van der Waals surface area contributed by atoms with Crippen LogP contribution in [0.4, 0.5) is 0 Å². The van der Waals surface area contributed by atoms with Gasteiger partial charge in [-0.3, -0.25) is 4.98 Å². The highest BCUT2D eigenvalue weighted by Gasteiger charge is 2.35. The van der Waals surface area contributed by atoms with Gasteiger partial charge in [-0.15, -0.1) is 0 Å². The predicted molar refractivity (Wildman–Crippen MR) is 56.6 cm³/mol. The van der Waals surface area contributed by atoms with Gasteiger partial charge in [0.25, 0.3) is 10.2 Å². The highest BCUT2D eigenvalue weighted by atomic mass is 32.2. The van der Waals surface area contributed by atoms with E-state index >= 15 is 0 Å². The number of pyridine rings is 1. The summed E-state index contributed by atoms with van der Waals surface area (Å²) in [7, 11) is -3.53. The van der Waals surface area contributed by atoms with Gasteiger partial charge < -0.3 is 4.79 Å². The minimum absolute atomic E-state index is 0.155. The molecule has 0 spiro atoms. The molecule has 1 fully saturated rings. The van der Waals surface area contributed by atoms with Crippen molar-refractivity contribution in [3.63, 3.8) is 0 Å². The first-order valence-corrected chi connectivity index (χ1v) is 6.18. The maximum absolute atomic E-state index is 11.6. The van der Waals surface area contributed by atoms with Crippen molar-refractivity contribution in [1.29, 1.82) is 0 Å². The van der Waals surface area contributed by atoms with Crippen molar-refractivity contribution in [3.8, 4) is 0 Å². The molecule has 0 amide bonds. The van der Waals surface area contributed by atoms with Gasteiger partial charge in [-0.05, 0) is 12.1 Å². The molecule has 7 heteroatoms. The van der Waals surface area contributed by atoms with Gasteiger partial charge in [-0.2, -0.15) is 17.4 Å². The van der Waals surface area contributed by atoms with Crippen molar-refractivity contribution >= 4 is 16.5 Å². The molecular formula is C9H11N3O3S. The largest absolute Gasteiger partial charge is 0.302 e. The first-order valence-electron chi connectivity index (χ1n) is 4.74. The van der Waals surface area contributed by atoms with Gasteiger partial charge in [0.1, 0.15) is 6.29 Å². The molecule has 1 N–H and O–H groups in total. The summed E-state index contributed by atoms with van der Waals surface area (Å²) in [6, 6.07) is 4.63. The maximum Gasteiger partial charge on any atom is 0.280 e.